The van der Waals surface area contributed by atoms with Crippen molar-refractivity contribution in [3.8, 4) is 0 Å². The van der Waals surface area contributed by atoms with E-state index in [1.54, 1.807) is 0 Å². The zero-order valence-electron chi connectivity index (χ0n) is 11.2. The lowest BCUT2D eigenvalue weighted by molar-refractivity contribution is 0.384. The molecule has 0 bridgehead atoms. The molecule has 0 saturated heterocycles. The highest BCUT2D eigenvalue weighted by molar-refractivity contribution is 5.18. The minimum absolute atomic E-state index is 0.533. The zero-order valence-corrected chi connectivity index (χ0v) is 11.2. The fourth-order valence-electron chi connectivity index (χ4n) is 2.75. The summed E-state index contributed by atoms with van der Waals surface area (Å²) in [5.74, 6) is 0. The molecule has 0 radical (unpaired) electrons. The first kappa shape index (κ1) is 12.6. The molecule has 1 fully saturated rings. The molecule has 1 N–H and O–H groups in total. The first-order chi connectivity index (χ1) is 8.29. The molecular weight excluding hydrogens is 206 g/mol. The zero-order chi connectivity index (χ0) is 12.1. The van der Waals surface area contributed by atoms with Crippen LogP contribution >= 0.6 is 0 Å². The summed E-state index contributed by atoms with van der Waals surface area (Å²) in [5, 5.41) is 3.77. The first-order valence-corrected chi connectivity index (χ1v) is 7.08. The molecule has 2 rings (SSSR count). The molecule has 1 nitrogen and oxygen atoms in total. The molecule has 1 atom stereocenters. The lowest BCUT2D eigenvalue weighted by Gasteiger charge is -2.22. The van der Waals surface area contributed by atoms with E-state index >= 15 is 0 Å². The molecule has 1 heteroatoms. The molecule has 1 saturated carbocycles. The van der Waals surface area contributed by atoms with E-state index in [0.717, 1.165) is 0 Å². The van der Waals surface area contributed by atoms with Gasteiger partial charge in [0.25, 0.3) is 0 Å². The summed E-state index contributed by atoms with van der Waals surface area (Å²) in [6.45, 7) is 5.77. The number of rotatable bonds is 7. The Kier molecular flexibility index (Phi) is 4.22. The van der Waals surface area contributed by atoms with Crippen molar-refractivity contribution in [3.63, 3.8) is 0 Å². The van der Waals surface area contributed by atoms with Crippen LogP contribution in [0.2, 0.25) is 0 Å². The van der Waals surface area contributed by atoms with Crippen molar-refractivity contribution in [1.29, 1.82) is 0 Å². The van der Waals surface area contributed by atoms with E-state index < -0.39 is 0 Å². The molecule has 1 aliphatic carbocycles. The predicted molar refractivity (Wildman–Crippen MR) is 74.1 cm³/mol. The molecule has 0 aromatic heterocycles. The van der Waals surface area contributed by atoms with Crippen molar-refractivity contribution >= 4 is 0 Å². The van der Waals surface area contributed by atoms with Crippen molar-refractivity contribution in [2.45, 2.75) is 52.0 Å². The van der Waals surface area contributed by atoms with Gasteiger partial charge in [0, 0.05) is 12.6 Å². The Balaban J connectivity index is 1.88. The van der Waals surface area contributed by atoms with Crippen molar-refractivity contribution in [2.75, 3.05) is 6.54 Å². The van der Waals surface area contributed by atoms with Crippen LogP contribution in [0.1, 0.15) is 57.6 Å². The van der Waals surface area contributed by atoms with Gasteiger partial charge in [0.2, 0.25) is 0 Å². The molecule has 0 amide bonds. The third kappa shape index (κ3) is 3.32. The van der Waals surface area contributed by atoms with Crippen LogP contribution in [0.3, 0.4) is 0 Å². The predicted octanol–water partition coefficient (Wildman–Crippen LogP) is 4.31. The van der Waals surface area contributed by atoms with Crippen LogP contribution in [-0.4, -0.2) is 6.54 Å². The third-order valence-corrected chi connectivity index (χ3v) is 4.07. The molecule has 1 unspecified atom stereocenters. The van der Waals surface area contributed by atoms with Gasteiger partial charge in [-0.3, -0.25) is 0 Å². The molecule has 0 aliphatic heterocycles. The van der Waals surface area contributed by atoms with Crippen LogP contribution < -0.4 is 5.32 Å². The molecule has 0 heterocycles. The van der Waals surface area contributed by atoms with Crippen molar-refractivity contribution in [1.82, 2.24) is 5.32 Å². The summed E-state index contributed by atoms with van der Waals surface area (Å²) >= 11 is 0. The Bertz CT molecular complexity index is 327. The lowest BCUT2D eigenvalue weighted by Crippen LogP contribution is -2.28. The highest BCUT2D eigenvalue weighted by Crippen LogP contribution is 2.49. The highest BCUT2D eigenvalue weighted by Gasteiger charge is 2.41. The average Bonchev–Trinajstić information content (AvgIpc) is 3.12. The van der Waals surface area contributed by atoms with E-state index in [9.17, 15) is 0 Å². The van der Waals surface area contributed by atoms with Gasteiger partial charge in [-0.05, 0) is 36.7 Å². The van der Waals surface area contributed by atoms with E-state index in [1.165, 1.54) is 44.2 Å². The third-order valence-electron chi connectivity index (χ3n) is 4.07. The maximum atomic E-state index is 3.77. The van der Waals surface area contributed by atoms with Crippen molar-refractivity contribution < 1.29 is 0 Å². The summed E-state index contributed by atoms with van der Waals surface area (Å²) < 4.78 is 0. The molecule has 1 aliphatic rings. The van der Waals surface area contributed by atoms with E-state index in [-0.39, 0.29) is 0 Å². The van der Waals surface area contributed by atoms with Gasteiger partial charge in [-0.25, -0.2) is 0 Å². The van der Waals surface area contributed by atoms with Crippen LogP contribution in [0.4, 0.5) is 0 Å². The molecule has 1 aromatic rings. The first-order valence-electron chi connectivity index (χ1n) is 7.08. The molecular formula is C16H25N. The van der Waals surface area contributed by atoms with Crippen LogP contribution in [0.25, 0.3) is 0 Å². The van der Waals surface area contributed by atoms with Gasteiger partial charge >= 0.3 is 0 Å². The highest BCUT2D eigenvalue weighted by atomic mass is 14.9. The largest absolute Gasteiger partial charge is 0.309 e. The Labute approximate surface area is 106 Å². The van der Waals surface area contributed by atoms with Gasteiger partial charge in [-0.1, -0.05) is 50.6 Å². The van der Waals surface area contributed by atoms with Crippen molar-refractivity contribution in [3.05, 3.63) is 35.9 Å². The van der Waals surface area contributed by atoms with Gasteiger partial charge in [-0.15, -0.1) is 0 Å². The summed E-state index contributed by atoms with van der Waals surface area (Å²) in [5.41, 5.74) is 2.08. The number of hydrogen-bond acceptors (Lipinski definition) is 1. The Morgan fingerprint density at radius 3 is 2.41 bits per heavy atom. The Morgan fingerprint density at radius 1 is 1.18 bits per heavy atom. The van der Waals surface area contributed by atoms with E-state index in [1.807, 2.05) is 0 Å². The minimum atomic E-state index is 0.533. The quantitative estimate of drug-likeness (QED) is 0.737. The smallest absolute Gasteiger partial charge is 0.0317 e. The summed E-state index contributed by atoms with van der Waals surface area (Å²) in [4.78, 5) is 0. The number of benzene rings is 1. The van der Waals surface area contributed by atoms with Gasteiger partial charge in [0.1, 0.15) is 0 Å². The topological polar surface area (TPSA) is 12.0 Å². The maximum Gasteiger partial charge on any atom is 0.0317 e. The molecule has 0 spiro atoms. The maximum absolute atomic E-state index is 3.77. The fourth-order valence-corrected chi connectivity index (χ4v) is 2.75. The summed E-state index contributed by atoms with van der Waals surface area (Å²) in [6.07, 6.45) is 6.75. The van der Waals surface area contributed by atoms with Gasteiger partial charge in [0.05, 0.1) is 0 Å². The Morgan fingerprint density at radius 2 is 1.88 bits per heavy atom. The van der Waals surface area contributed by atoms with Crippen LogP contribution in [0, 0.1) is 5.41 Å². The van der Waals surface area contributed by atoms with Crippen LogP contribution in [0.5, 0.6) is 0 Å². The van der Waals surface area contributed by atoms with Crippen molar-refractivity contribution in [2.24, 2.45) is 5.41 Å². The van der Waals surface area contributed by atoms with E-state index in [4.69, 9.17) is 0 Å². The van der Waals surface area contributed by atoms with Gasteiger partial charge in [0.15, 0.2) is 0 Å². The van der Waals surface area contributed by atoms with Gasteiger partial charge in [-0.2, -0.15) is 0 Å². The summed E-state index contributed by atoms with van der Waals surface area (Å²) in [6, 6.07) is 11.4. The molecule has 94 valence electrons. The van der Waals surface area contributed by atoms with E-state index in [0.29, 0.717) is 11.5 Å². The second kappa shape index (κ2) is 5.68. The monoisotopic (exact) mass is 231 g/mol. The second-order valence-corrected chi connectivity index (χ2v) is 5.50. The lowest BCUT2D eigenvalue weighted by atomic mass is 9.98. The number of nitrogens with one attached hydrogen (secondary N) is 1. The average molecular weight is 231 g/mol. The normalized spacial score (nSPS) is 18.9. The van der Waals surface area contributed by atoms with Crippen LogP contribution in [-0.2, 0) is 0 Å². The molecule has 17 heavy (non-hydrogen) atoms. The molecule has 1 aromatic carbocycles. The Hall–Kier alpha value is -0.820. The number of hydrogen-bond donors (Lipinski definition) is 1. The summed E-state index contributed by atoms with van der Waals surface area (Å²) in [7, 11) is 0. The van der Waals surface area contributed by atoms with E-state index in [2.05, 4.69) is 49.5 Å². The fraction of sp³-hybridized carbons (Fsp3) is 0.625. The van der Waals surface area contributed by atoms with Crippen LogP contribution in [0.15, 0.2) is 30.3 Å². The second-order valence-electron chi connectivity index (χ2n) is 5.50. The SMILES string of the molecule is CCCC1(CNC(CC)c2ccccc2)CC1. The standard InChI is InChI=1S/C16H25N/c1-3-10-16(11-12-16)13-17-15(4-2)14-8-6-5-7-9-14/h5-9,15,17H,3-4,10-13H2,1-2H3. The van der Waals surface area contributed by atoms with Gasteiger partial charge < -0.3 is 5.32 Å². The minimum Gasteiger partial charge on any atom is -0.309 e.